The van der Waals surface area contributed by atoms with Gasteiger partial charge in [-0.3, -0.25) is 9.78 Å². The average Bonchev–Trinajstić information content (AvgIpc) is 3.06. The number of aromatic nitrogens is 6. The van der Waals surface area contributed by atoms with Crippen molar-refractivity contribution in [2.24, 2.45) is 0 Å². The number of imidazole rings is 1. The lowest BCUT2D eigenvalue weighted by molar-refractivity contribution is 0.617. The molecule has 0 aliphatic rings. The monoisotopic (exact) mass is 351 g/mol. The van der Waals surface area contributed by atoms with Crippen LogP contribution >= 0.6 is 0 Å². The minimum atomic E-state index is -0.384. The quantitative estimate of drug-likeness (QED) is 0.584. The Balaban J connectivity index is 1.69. The Hall–Kier alpha value is -3.62. The molecule has 0 fully saturated rings. The summed E-state index contributed by atoms with van der Waals surface area (Å²) in [6.07, 6.45) is 5.54. The molecular weight excluding hydrogens is 337 g/mol. The fraction of sp³-hybridized carbons (Fsp3) is 0.118. The lowest BCUT2D eigenvalue weighted by Crippen LogP contribution is -2.12. The van der Waals surface area contributed by atoms with Crippen molar-refractivity contribution in [1.29, 1.82) is 0 Å². The second kappa shape index (κ2) is 6.36. The molecule has 1 unspecified atom stereocenters. The standard InChI is InChI=1S/C17H14FN7O/c1-10(13-3-2-11(18)6-20-13)23-15-4-5-16-21-8-14(25(16)24-15)12-7-19-9-22-17(12)26/h2-10H,1H3,(H,23,24)(H,19,22,26). The number of hydrogen-bond acceptors (Lipinski definition) is 6. The van der Waals surface area contributed by atoms with E-state index in [4.69, 9.17) is 0 Å². The van der Waals surface area contributed by atoms with Crippen LogP contribution in [0.1, 0.15) is 18.7 Å². The van der Waals surface area contributed by atoms with Crippen molar-refractivity contribution in [3.8, 4) is 11.3 Å². The number of fused-ring (bicyclic) bond motifs is 1. The third-order valence-electron chi connectivity index (χ3n) is 3.92. The van der Waals surface area contributed by atoms with E-state index in [2.05, 4.69) is 30.4 Å². The highest BCUT2D eigenvalue weighted by atomic mass is 19.1. The molecule has 9 heteroatoms. The summed E-state index contributed by atoms with van der Waals surface area (Å²) in [6.45, 7) is 1.90. The smallest absolute Gasteiger partial charge is 0.260 e. The van der Waals surface area contributed by atoms with Gasteiger partial charge in [-0.1, -0.05) is 0 Å². The molecule has 0 bridgehead atoms. The van der Waals surface area contributed by atoms with Gasteiger partial charge < -0.3 is 10.3 Å². The lowest BCUT2D eigenvalue weighted by Gasteiger charge is -2.14. The molecule has 4 aromatic rings. The Kier molecular flexibility index (Phi) is 3.88. The van der Waals surface area contributed by atoms with Crippen LogP contribution in [0.15, 0.2) is 54.0 Å². The number of nitrogens with one attached hydrogen (secondary N) is 2. The second-order valence-corrected chi connectivity index (χ2v) is 5.69. The topological polar surface area (TPSA) is 101 Å². The largest absolute Gasteiger partial charge is 0.361 e. The first-order valence-corrected chi connectivity index (χ1v) is 7.87. The summed E-state index contributed by atoms with van der Waals surface area (Å²) in [6, 6.07) is 6.35. The maximum Gasteiger partial charge on any atom is 0.260 e. The van der Waals surface area contributed by atoms with Crippen molar-refractivity contribution in [3.05, 3.63) is 71.0 Å². The zero-order chi connectivity index (χ0) is 18.1. The van der Waals surface area contributed by atoms with Gasteiger partial charge in [0.2, 0.25) is 0 Å². The Morgan fingerprint density at radius 1 is 1.15 bits per heavy atom. The van der Waals surface area contributed by atoms with E-state index in [1.807, 2.05) is 6.92 Å². The predicted octanol–water partition coefficient (Wildman–Crippen LogP) is 2.19. The van der Waals surface area contributed by atoms with Gasteiger partial charge in [0.25, 0.3) is 5.56 Å². The fourth-order valence-corrected chi connectivity index (χ4v) is 2.60. The van der Waals surface area contributed by atoms with Gasteiger partial charge in [0.1, 0.15) is 11.6 Å². The maximum atomic E-state index is 13.0. The number of anilines is 1. The summed E-state index contributed by atoms with van der Waals surface area (Å²) < 4.78 is 14.6. The van der Waals surface area contributed by atoms with E-state index >= 15 is 0 Å². The Morgan fingerprint density at radius 2 is 2.04 bits per heavy atom. The maximum absolute atomic E-state index is 13.0. The van der Waals surface area contributed by atoms with Gasteiger partial charge in [-0.15, -0.1) is 5.10 Å². The van der Waals surface area contributed by atoms with Gasteiger partial charge in [0, 0.05) is 6.20 Å². The Labute approximate surface area is 146 Å². The molecule has 0 aliphatic carbocycles. The van der Waals surface area contributed by atoms with E-state index in [9.17, 15) is 9.18 Å². The van der Waals surface area contributed by atoms with Crippen LogP contribution < -0.4 is 10.9 Å². The van der Waals surface area contributed by atoms with Gasteiger partial charge in [-0.05, 0) is 31.2 Å². The molecule has 1 atom stereocenters. The molecule has 0 amide bonds. The third kappa shape index (κ3) is 2.90. The Bertz CT molecular complexity index is 1120. The van der Waals surface area contributed by atoms with E-state index in [0.717, 1.165) is 0 Å². The summed E-state index contributed by atoms with van der Waals surface area (Å²) in [5.41, 5.74) is 1.92. The summed E-state index contributed by atoms with van der Waals surface area (Å²) in [4.78, 5) is 26.8. The SMILES string of the molecule is CC(Nc1ccc2ncc(-c3cnc[nH]c3=O)n2n1)c1ccc(F)cn1. The highest BCUT2D eigenvalue weighted by Crippen LogP contribution is 2.19. The molecule has 4 aromatic heterocycles. The van der Waals surface area contributed by atoms with Crippen LogP contribution in [0.4, 0.5) is 10.2 Å². The van der Waals surface area contributed by atoms with E-state index < -0.39 is 0 Å². The van der Waals surface area contributed by atoms with E-state index in [0.29, 0.717) is 28.4 Å². The molecule has 0 saturated heterocycles. The minimum absolute atomic E-state index is 0.186. The highest BCUT2D eigenvalue weighted by molar-refractivity contribution is 5.61. The zero-order valence-electron chi connectivity index (χ0n) is 13.7. The molecule has 2 N–H and O–H groups in total. The van der Waals surface area contributed by atoms with Gasteiger partial charge in [-0.2, -0.15) is 0 Å². The van der Waals surface area contributed by atoms with Crippen molar-refractivity contribution in [2.75, 3.05) is 5.32 Å². The number of nitrogens with zero attached hydrogens (tertiary/aromatic N) is 5. The van der Waals surface area contributed by atoms with Crippen LogP contribution in [0.3, 0.4) is 0 Å². The lowest BCUT2D eigenvalue weighted by atomic mass is 10.2. The van der Waals surface area contributed by atoms with Crippen molar-refractivity contribution in [3.63, 3.8) is 0 Å². The minimum Gasteiger partial charge on any atom is -0.361 e. The Morgan fingerprint density at radius 3 is 2.81 bits per heavy atom. The van der Waals surface area contributed by atoms with Crippen LogP contribution in [0.2, 0.25) is 0 Å². The van der Waals surface area contributed by atoms with Gasteiger partial charge in [0.15, 0.2) is 5.65 Å². The van der Waals surface area contributed by atoms with Crippen LogP contribution in [0.25, 0.3) is 16.9 Å². The van der Waals surface area contributed by atoms with Crippen LogP contribution in [-0.4, -0.2) is 29.5 Å². The third-order valence-corrected chi connectivity index (χ3v) is 3.92. The molecule has 8 nitrogen and oxygen atoms in total. The van der Waals surface area contributed by atoms with Crippen molar-refractivity contribution >= 4 is 11.5 Å². The molecule has 0 radical (unpaired) electrons. The summed E-state index contributed by atoms with van der Waals surface area (Å²) >= 11 is 0. The molecule has 0 aliphatic heterocycles. The fourth-order valence-electron chi connectivity index (χ4n) is 2.60. The zero-order valence-corrected chi connectivity index (χ0v) is 13.7. The molecule has 4 rings (SSSR count). The van der Waals surface area contributed by atoms with E-state index in [-0.39, 0.29) is 17.4 Å². The summed E-state index contributed by atoms with van der Waals surface area (Å²) in [7, 11) is 0. The molecule has 4 heterocycles. The van der Waals surface area contributed by atoms with E-state index in [1.165, 1.54) is 24.8 Å². The molecule has 0 spiro atoms. The number of pyridine rings is 1. The first-order chi connectivity index (χ1) is 12.6. The molecular formula is C17H14FN7O. The van der Waals surface area contributed by atoms with E-state index in [1.54, 1.807) is 28.9 Å². The number of aromatic amines is 1. The van der Waals surface area contributed by atoms with Crippen molar-refractivity contribution in [1.82, 2.24) is 29.5 Å². The van der Waals surface area contributed by atoms with Gasteiger partial charge >= 0.3 is 0 Å². The molecule has 0 saturated carbocycles. The molecule has 0 aromatic carbocycles. The van der Waals surface area contributed by atoms with Crippen molar-refractivity contribution < 1.29 is 4.39 Å². The summed E-state index contributed by atoms with van der Waals surface area (Å²) in [5, 5.41) is 7.70. The summed E-state index contributed by atoms with van der Waals surface area (Å²) in [5.74, 6) is 0.181. The average molecular weight is 351 g/mol. The van der Waals surface area contributed by atoms with Crippen molar-refractivity contribution in [2.45, 2.75) is 13.0 Å². The van der Waals surface area contributed by atoms with Crippen LogP contribution in [-0.2, 0) is 0 Å². The van der Waals surface area contributed by atoms with Gasteiger partial charge in [0.05, 0.1) is 41.7 Å². The second-order valence-electron chi connectivity index (χ2n) is 5.69. The molecule has 26 heavy (non-hydrogen) atoms. The number of rotatable bonds is 4. The normalized spacial score (nSPS) is 12.2. The number of hydrogen-bond donors (Lipinski definition) is 2. The van der Waals surface area contributed by atoms with Crippen LogP contribution in [0, 0.1) is 5.82 Å². The first-order valence-electron chi connectivity index (χ1n) is 7.87. The molecule has 130 valence electrons. The predicted molar refractivity (Wildman–Crippen MR) is 93.1 cm³/mol. The number of halogens is 1. The van der Waals surface area contributed by atoms with Gasteiger partial charge in [-0.25, -0.2) is 18.9 Å². The first kappa shape index (κ1) is 15.9. The van der Waals surface area contributed by atoms with Crippen LogP contribution in [0.5, 0.6) is 0 Å². The highest BCUT2D eigenvalue weighted by Gasteiger charge is 2.13. The number of H-pyrrole nitrogens is 1.